The van der Waals surface area contributed by atoms with Gasteiger partial charge >= 0.3 is 21.2 Å². The second-order valence-corrected chi connectivity index (χ2v) is 26.1. The van der Waals surface area contributed by atoms with Crippen LogP contribution in [-0.4, -0.2) is 159 Å². The molecule has 12 nitrogen and oxygen atoms in total. The number of halogens is 9. The lowest BCUT2D eigenvalue weighted by atomic mass is 9.84. The number of piperazine rings is 3. The molecule has 0 saturated carbocycles. The molecule has 6 aromatic rings. The zero-order valence-electron chi connectivity index (χ0n) is 44.6. The first-order valence-electron chi connectivity index (χ1n) is 26.8. The van der Waals surface area contributed by atoms with E-state index in [2.05, 4.69) is 113 Å². The van der Waals surface area contributed by atoms with Crippen molar-refractivity contribution in [3.8, 4) is 0 Å². The Morgan fingerprint density at radius 2 is 0.634 bits per heavy atom. The van der Waals surface area contributed by atoms with E-state index >= 15 is 0 Å². The van der Waals surface area contributed by atoms with Crippen LogP contribution in [0.3, 0.4) is 0 Å². The highest BCUT2D eigenvalue weighted by atomic mass is 79.9. The van der Waals surface area contributed by atoms with E-state index in [1.807, 2.05) is 75.1 Å². The van der Waals surface area contributed by atoms with Gasteiger partial charge in [-0.1, -0.05) is 143 Å². The molecule has 82 heavy (non-hydrogen) atoms. The lowest BCUT2D eigenvalue weighted by molar-refractivity contribution is 0.144. The number of hydrogen-bond acceptors (Lipinski definition) is 12. The summed E-state index contributed by atoms with van der Waals surface area (Å²) in [5.41, 5.74) is 12.7. The van der Waals surface area contributed by atoms with Crippen LogP contribution in [0.2, 0.25) is 50.6 Å². The van der Waals surface area contributed by atoms with Gasteiger partial charge in [-0.2, -0.15) is 0 Å². The minimum atomic E-state index is -0.424. The molecule has 0 radical (unpaired) electrons. The second-order valence-electron chi connectivity index (χ2n) is 20.9. The maximum absolute atomic E-state index is 9.88. The summed E-state index contributed by atoms with van der Waals surface area (Å²) in [5, 5.41) is 33.6. The van der Waals surface area contributed by atoms with Gasteiger partial charge in [0.05, 0.1) is 50.3 Å². The van der Waals surface area contributed by atoms with E-state index in [0.29, 0.717) is 30.1 Å². The number of aromatic nitrogens is 3. The van der Waals surface area contributed by atoms with Crippen molar-refractivity contribution in [1.29, 1.82) is 0 Å². The van der Waals surface area contributed by atoms with Crippen LogP contribution in [0.15, 0.2) is 91.4 Å². The fourth-order valence-electron chi connectivity index (χ4n) is 11.6. The van der Waals surface area contributed by atoms with Crippen LogP contribution >= 0.6 is 117 Å². The summed E-state index contributed by atoms with van der Waals surface area (Å²) in [6.45, 7) is 15.4. The van der Waals surface area contributed by atoms with Crippen molar-refractivity contribution >= 4 is 170 Å². The van der Waals surface area contributed by atoms with Crippen molar-refractivity contribution in [2.75, 3.05) is 78.5 Å². The van der Waals surface area contributed by atoms with Crippen molar-refractivity contribution in [3.05, 3.63) is 189 Å². The molecule has 3 aromatic carbocycles. The van der Waals surface area contributed by atoms with Gasteiger partial charge in [0, 0.05) is 142 Å². The molecule has 3 aromatic heterocycles. The van der Waals surface area contributed by atoms with E-state index in [-0.39, 0.29) is 25.6 Å². The summed E-state index contributed by atoms with van der Waals surface area (Å²) in [7, 11) is -1.27. The molecular weight excluding hydrogens is 1360 g/mol. The molecule has 24 heteroatoms. The zero-order chi connectivity index (χ0) is 57.4. The molecule has 1 unspecified atom stereocenters. The van der Waals surface area contributed by atoms with E-state index in [0.717, 1.165) is 142 Å². The van der Waals surface area contributed by atoms with Gasteiger partial charge in [-0.25, -0.2) is 0 Å². The zero-order valence-corrected chi connectivity index (χ0v) is 53.9. The van der Waals surface area contributed by atoms with Gasteiger partial charge in [0.2, 0.25) is 0 Å². The average Bonchev–Trinajstić information content (AvgIpc) is 3.82. The molecule has 6 heterocycles. The average molecular weight is 1420 g/mol. The first kappa shape index (κ1) is 63.8. The third kappa shape index (κ3) is 14.3. The maximum Gasteiger partial charge on any atom is 0.376 e. The van der Waals surface area contributed by atoms with Crippen molar-refractivity contribution in [3.63, 3.8) is 0 Å². The maximum atomic E-state index is 9.88. The standard InChI is InChI=1S/3C19H19BBrCl2N3O.CH4/c3*1-20(27)26-6-4-25(5-7-26)19-15-3-2-13(22)8-12(15)9-17(21)16-10-14(23)11-24-18(16)19;/h3*2-3,8-11,19,27H,4-7H2,1H3;1H4/t2*19-;;/m10../s1. The molecule has 6 aliphatic rings. The summed E-state index contributed by atoms with van der Waals surface area (Å²) in [4.78, 5) is 27.7. The van der Waals surface area contributed by atoms with Crippen LogP contribution in [0.25, 0.3) is 31.7 Å². The Morgan fingerprint density at radius 1 is 0.390 bits per heavy atom. The van der Waals surface area contributed by atoms with Crippen molar-refractivity contribution in [2.45, 2.75) is 46.0 Å². The van der Waals surface area contributed by atoms with Crippen LogP contribution in [0, 0.1) is 0 Å². The lowest BCUT2D eigenvalue weighted by Crippen LogP contribution is -2.52. The van der Waals surface area contributed by atoms with Gasteiger partial charge in [0.25, 0.3) is 0 Å². The van der Waals surface area contributed by atoms with Crippen molar-refractivity contribution in [1.82, 2.24) is 44.1 Å². The molecule has 0 spiro atoms. The molecule has 3 aliphatic heterocycles. The molecule has 3 saturated heterocycles. The number of fused-ring (bicyclic) bond motifs is 6. The molecule has 3 aliphatic carbocycles. The highest BCUT2D eigenvalue weighted by Crippen LogP contribution is 2.46. The molecule has 3 fully saturated rings. The minimum absolute atomic E-state index is 0. The van der Waals surface area contributed by atoms with Crippen molar-refractivity contribution in [2.24, 2.45) is 0 Å². The Bertz CT molecular complexity index is 3050. The number of pyridine rings is 3. The minimum Gasteiger partial charge on any atom is -0.437 e. The molecule has 3 atom stereocenters. The third-order valence-electron chi connectivity index (χ3n) is 15.8. The monoisotopic (exact) mass is 1410 g/mol. The highest BCUT2D eigenvalue weighted by molar-refractivity contribution is 9.15. The highest BCUT2D eigenvalue weighted by Gasteiger charge is 2.37. The molecule has 0 amide bonds. The molecule has 428 valence electrons. The van der Waals surface area contributed by atoms with E-state index in [4.69, 9.17) is 84.6 Å². The van der Waals surface area contributed by atoms with E-state index in [1.165, 1.54) is 16.7 Å². The number of rotatable bonds is 6. The van der Waals surface area contributed by atoms with E-state index in [9.17, 15) is 15.1 Å². The topological polar surface area (TPSA) is 119 Å². The largest absolute Gasteiger partial charge is 0.437 e. The van der Waals surface area contributed by atoms with Crippen LogP contribution in [0.1, 0.15) is 92.7 Å². The van der Waals surface area contributed by atoms with Gasteiger partial charge in [-0.15, -0.1) is 0 Å². The van der Waals surface area contributed by atoms with E-state index in [1.54, 1.807) is 18.6 Å². The first-order valence-corrected chi connectivity index (χ1v) is 31.4. The first-order chi connectivity index (χ1) is 38.8. The van der Waals surface area contributed by atoms with Gasteiger partial charge in [0.15, 0.2) is 0 Å². The number of hydrogen-bond donors (Lipinski definition) is 3. The van der Waals surface area contributed by atoms with Crippen LogP contribution in [0.4, 0.5) is 0 Å². The molecule has 3 N–H and O–H groups in total. The Balaban J connectivity index is 0.000000147. The van der Waals surface area contributed by atoms with Crippen LogP contribution < -0.4 is 0 Å². The Morgan fingerprint density at radius 3 is 0.866 bits per heavy atom. The lowest BCUT2D eigenvalue weighted by Gasteiger charge is -2.40. The number of nitrogens with zero attached hydrogens (tertiary/aromatic N) is 9. The van der Waals surface area contributed by atoms with Crippen molar-refractivity contribution < 1.29 is 15.1 Å². The predicted octanol–water partition coefficient (Wildman–Crippen LogP) is 13.9. The van der Waals surface area contributed by atoms with E-state index < -0.39 is 21.2 Å². The Hall–Kier alpha value is -2.66. The van der Waals surface area contributed by atoms with Crippen LogP contribution in [0.5, 0.6) is 0 Å². The summed E-state index contributed by atoms with van der Waals surface area (Å²) >= 11 is 48.7. The smallest absolute Gasteiger partial charge is 0.376 e. The number of benzene rings is 3. The predicted molar refractivity (Wildman–Crippen MR) is 356 cm³/mol. The summed E-state index contributed by atoms with van der Waals surface area (Å²) in [6.07, 6.45) is 11.4. The third-order valence-corrected chi connectivity index (χ3v) is 19.1. The van der Waals surface area contributed by atoms with Gasteiger partial charge in [-0.3, -0.25) is 29.7 Å². The van der Waals surface area contributed by atoms with Gasteiger partial charge < -0.3 is 29.5 Å². The molecule has 0 bridgehead atoms. The SMILES string of the molecule is C.CB(O)N1CCN(C2c3ccc(Cl)cc3C=C(Br)c3cc(Cl)cnc32)CC1.CB(O)N1CCN([C@@H]2c3ccc(Cl)cc3C=C(Br)c3cc(Cl)cnc32)CC1.CB(O)N1CCN([C@H]2c3ccc(Cl)cc3C=C(Br)c3cc(Cl)cnc32)CC1. The fourth-order valence-corrected chi connectivity index (χ4v) is 14.3. The fraction of sp³-hybridized carbons (Fsp3) is 0.328. The summed E-state index contributed by atoms with van der Waals surface area (Å²) < 4.78 is 2.84. The van der Waals surface area contributed by atoms with Crippen LogP contribution in [-0.2, 0) is 0 Å². The van der Waals surface area contributed by atoms with Gasteiger partial charge in [0.1, 0.15) is 0 Å². The molecular formula is C58H61B3Br3Cl6N9O3. The Kier molecular flexibility index (Phi) is 21.8. The second kappa shape index (κ2) is 28.0. The quantitative estimate of drug-likeness (QED) is 0.138. The summed E-state index contributed by atoms with van der Waals surface area (Å²) in [5.74, 6) is 0. The normalized spacial score (nSPS) is 20.2. The Labute approximate surface area is 537 Å². The summed E-state index contributed by atoms with van der Waals surface area (Å²) in [6, 6.07) is 23.9. The molecule has 12 rings (SSSR count). The van der Waals surface area contributed by atoms with Gasteiger partial charge in [-0.05, 0) is 127 Å².